The van der Waals surface area contributed by atoms with Crippen LogP contribution in [0.2, 0.25) is 0 Å². The minimum absolute atomic E-state index is 0.110. The van der Waals surface area contributed by atoms with Crippen LogP contribution in [0, 0.1) is 0 Å². The molecular formula is C15H17BrN2O. The van der Waals surface area contributed by atoms with Crippen molar-refractivity contribution in [1.82, 2.24) is 10.3 Å². The van der Waals surface area contributed by atoms with Gasteiger partial charge in [0.15, 0.2) is 0 Å². The van der Waals surface area contributed by atoms with Gasteiger partial charge in [-0.05, 0) is 25.0 Å². The van der Waals surface area contributed by atoms with Crippen molar-refractivity contribution in [2.24, 2.45) is 0 Å². The third-order valence-corrected chi connectivity index (χ3v) is 4.12. The third kappa shape index (κ3) is 3.77. The van der Waals surface area contributed by atoms with Crippen LogP contribution in [0.5, 0.6) is 0 Å². The molecule has 1 N–H and O–H groups in total. The maximum atomic E-state index is 12.0. The van der Waals surface area contributed by atoms with Crippen molar-refractivity contribution in [3.8, 4) is 0 Å². The van der Waals surface area contributed by atoms with E-state index in [9.17, 15) is 4.79 Å². The van der Waals surface area contributed by atoms with Crippen molar-refractivity contribution in [2.45, 2.75) is 24.6 Å². The fourth-order valence-corrected chi connectivity index (χ4v) is 2.06. The second-order valence-corrected chi connectivity index (χ2v) is 5.73. The molecular weight excluding hydrogens is 304 g/mol. The summed E-state index contributed by atoms with van der Waals surface area (Å²) in [6, 6.07) is 11.5. The summed E-state index contributed by atoms with van der Waals surface area (Å²) < 4.78 is 0. The molecule has 1 aromatic carbocycles. The van der Waals surface area contributed by atoms with Crippen LogP contribution in [-0.4, -0.2) is 22.3 Å². The Balaban J connectivity index is 2.01. The number of aromatic nitrogens is 1. The van der Waals surface area contributed by atoms with Crippen LogP contribution in [0.1, 0.15) is 30.3 Å². The van der Waals surface area contributed by atoms with E-state index in [0.717, 1.165) is 23.7 Å². The van der Waals surface area contributed by atoms with E-state index in [1.807, 2.05) is 30.3 Å². The fraction of sp³-hybridized carbons (Fsp3) is 0.333. The molecule has 0 fully saturated rings. The molecule has 0 aliphatic carbocycles. The summed E-state index contributed by atoms with van der Waals surface area (Å²) in [4.78, 5) is 16.8. The number of benzene rings is 1. The van der Waals surface area contributed by atoms with Gasteiger partial charge in [-0.3, -0.25) is 4.79 Å². The molecule has 0 aliphatic rings. The lowest BCUT2D eigenvalue weighted by Gasteiger charge is -2.08. The van der Waals surface area contributed by atoms with E-state index in [0.29, 0.717) is 17.1 Å². The van der Waals surface area contributed by atoms with Gasteiger partial charge in [0.05, 0.1) is 5.52 Å². The molecule has 2 rings (SSSR count). The number of carbonyl (C=O) groups is 1. The van der Waals surface area contributed by atoms with E-state index in [1.54, 1.807) is 6.07 Å². The van der Waals surface area contributed by atoms with E-state index in [-0.39, 0.29) is 5.91 Å². The van der Waals surface area contributed by atoms with Crippen LogP contribution in [-0.2, 0) is 0 Å². The minimum Gasteiger partial charge on any atom is -0.351 e. The second-order valence-electron chi connectivity index (χ2n) is 4.44. The van der Waals surface area contributed by atoms with Crippen molar-refractivity contribution in [2.75, 3.05) is 6.54 Å². The summed E-state index contributed by atoms with van der Waals surface area (Å²) in [5, 5.41) is 3.94. The number of fused-ring (bicyclic) bond motifs is 1. The lowest BCUT2D eigenvalue weighted by Crippen LogP contribution is -2.26. The van der Waals surface area contributed by atoms with E-state index < -0.39 is 0 Å². The molecule has 3 nitrogen and oxygen atoms in total. The number of alkyl halides is 1. The number of para-hydroxylation sites is 1. The molecule has 0 spiro atoms. The van der Waals surface area contributed by atoms with Gasteiger partial charge in [-0.2, -0.15) is 0 Å². The van der Waals surface area contributed by atoms with Crippen molar-refractivity contribution in [1.29, 1.82) is 0 Å². The first-order chi connectivity index (χ1) is 9.20. The molecule has 0 saturated heterocycles. The number of hydrogen-bond donors (Lipinski definition) is 1. The van der Waals surface area contributed by atoms with Gasteiger partial charge in [-0.15, -0.1) is 0 Å². The monoisotopic (exact) mass is 320 g/mol. The Morgan fingerprint density at radius 2 is 2.11 bits per heavy atom. The Bertz CT molecular complexity index is 571. The average Bonchev–Trinajstić information content (AvgIpc) is 2.46. The molecule has 2 aromatic rings. The predicted molar refractivity (Wildman–Crippen MR) is 81.7 cm³/mol. The van der Waals surface area contributed by atoms with Gasteiger partial charge < -0.3 is 5.32 Å². The Morgan fingerprint density at radius 1 is 1.32 bits per heavy atom. The number of rotatable bonds is 5. The summed E-state index contributed by atoms with van der Waals surface area (Å²) in [6.07, 6.45) is 1.99. The molecule has 0 radical (unpaired) electrons. The molecule has 1 aromatic heterocycles. The van der Waals surface area contributed by atoms with Crippen LogP contribution in [0.4, 0.5) is 0 Å². The first-order valence-corrected chi connectivity index (χ1v) is 7.40. The zero-order chi connectivity index (χ0) is 13.7. The second kappa shape index (κ2) is 6.66. The van der Waals surface area contributed by atoms with Crippen LogP contribution in [0.15, 0.2) is 36.4 Å². The summed E-state index contributed by atoms with van der Waals surface area (Å²) >= 11 is 3.55. The Labute approximate surface area is 121 Å². The number of amides is 1. The number of hydrogen-bond acceptors (Lipinski definition) is 2. The van der Waals surface area contributed by atoms with Crippen molar-refractivity contribution in [3.63, 3.8) is 0 Å². The summed E-state index contributed by atoms with van der Waals surface area (Å²) in [5.74, 6) is -0.110. The van der Waals surface area contributed by atoms with Crippen molar-refractivity contribution < 1.29 is 4.79 Å². The highest BCUT2D eigenvalue weighted by Crippen LogP contribution is 2.12. The molecule has 1 unspecified atom stereocenters. The highest BCUT2D eigenvalue weighted by molar-refractivity contribution is 9.09. The highest BCUT2D eigenvalue weighted by Gasteiger charge is 2.08. The Hall–Kier alpha value is -1.42. The molecule has 100 valence electrons. The van der Waals surface area contributed by atoms with Gasteiger partial charge in [0, 0.05) is 16.8 Å². The van der Waals surface area contributed by atoms with Crippen LogP contribution in [0.25, 0.3) is 10.9 Å². The minimum atomic E-state index is -0.110. The number of nitrogens with one attached hydrogen (secondary N) is 1. The molecule has 19 heavy (non-hydrogen) atoms. The van der Waals surface area contributed by atoms with Gasteiger partial charge in [0.2, 0.25) is 0 Å². The van der Waals surface area contributed by atoms with E-state index in [4.69, 9.17) is 0 Å². The zero-order valence-electron chi connectivity index (χ0n) is 10.9. The summed E-state index contributed by atoms with van der Waals surface area (Å²) in [5.41, 5.74) is 1.32. The fourth-order valence-electron chi connectivity index (χ4n) is 1.83. The lowest BCUT2D eigenvalue weighted by molar-refractivity contribution is 0.0948. The number of carbonyl (C=O) groups excluding carboxylic acids is 1. The van der Waals surface area contributed by atoms with Crippen molar-refractivity contribution in [3.05, 3.63) is 42.1 Å². The van der Waals surface area contributed by atoms with E-state index in [2.05, 4.69) is 33.2 Å². The molecule has 1 atom stereocenters. The first-order valence-electron chi connectivity index (χ1n) is 6.48. The van der Waals surface area contributed by atoms with Gasteiger partial charge in [-0.1, -0.05) is 47.1 Å². The van der Waals surface area contributed by atoms with Crippen LogP contribution >= 0.6 is 15.9 Å². The molecule has 0 bridgehead atoms. The number of pyridine rings is 1. The van der Waals surface area contributed by atoms with Crippen LogP contribution < -0.4 is 5.32 Å². The number of halogens is 1. The van der Waals surface area contributed by atoms with E-state index >= 15 is 0 Å². The highest BCUT2D eigenvalue weighted by atomic mass is 79.9. The molecule has 4 heteroatoms. The lowest BCUT2D eigenvalue weighted by atomic mass is 10.2. The Kier molecular flexibility index (Phi) is 4.91. The SMILES string of the molecule is CCC(Br)CCNC(=O)c1ccc2ccccc2n1. The predicted octanol–water partition coefficient (Wildman–Crippen LogP) is 3.53. The maximum Gasteiger partial charge on any atom is 0.269 e. The third-order valence-electron chi connectivity index (χ3n) is 3.02. The van der Waals surface area contributed by atoms with Gasteiger partial charge in [0.25, 0.3) is 5.91 Å². The Morgan fingerprint density at radius 3 is 2.89 bits per heavy atom. The molecule has 0 aliphatic heterocycles. The summed E-state index contributed by atoms with van der Waals surface area (Å²) in [7, 11) is 0. The topological polar surface area (TPSA) is 42.0 Å². The normalized spacial score (nSPS) is 12.3. The van der Waals surface area contributed by atoms with Gasteiger partial charge >= 0.3 is 0 Å². The first kappa shape index (κ1) is 14.0. The van der Waals surface area contributed by atoms with Gasteiger partial charge in [-0.25, -0.2) is 4.98 Å². The molecule has 0 saturated carbocycles. The molecule has 1 heterocycles. The summed E-state index contributed by atoms with van der Waals surface area (Å²) in [6.45, 7) is 2.78. The van der Waals surface area contributed by atoms with Gasteiger partial charge in [0.1, 0.15) is 5.69 Å². The van der Waals surface area contributed by atoms with E-state index in [1.165, 1.54) is 0 Å². The van der Waals surface area contributed by atoms with Crippen LogP contribution in [0.3, 0.4) is 0 Å². The quantitative estimate of drug-likeness (QED) is 0.856. The largest absolute Gasteiger partial charge is 0.351 e. The number of nitrogens with zero attached hydrogens (tertiary/aromatic N) is 1. The van der Waals surface area contributed by atoms with Crippen molar-refractivity contribution >= 4 is 32.7 Å². The molecule has 1 amide bonds. The average molecular weight is 321 g/mol. The standard InChI is InChI=1S/C15H17BrN2O/c1-2-12(16)9-10-17-15(19)14-8-7-11-5-3-4-6-13(11)18-14/h3-8,12H,2,9-10H2,1H3,(H,17,19). The zero-order valence-corrected chi connectivity index (χ0v) is 12.5. The smallest absolute Gasteiger partial charge is 0.269 e. The maximum absolute atomic E-state index is 12.0.